The Morgan fingerprint density at radius 1 is 1.10 bits per heavy atom. The van der Waals surface area contributed by atoms with Crippen molar-refractivity contribution >= 4 is 34.2 Å². The molecule has 0 aliphatic heterocycles. The summed E-state index contributed by atoms with van der Waals surface area (Å²) >= 11 is 2.24. The van der Waals surface area contributed by atoms with Gasteiger partial charge in [0.15, 0.2) is 5.54 Å². The number of anilines is 1. The molecule has 2 aromatic rings. The Balaban J connectivity index is 2.40. The van der Waals surface area contributed by atoms with Crippen LogP contribution in [0.2, 0.25) is 0 Å². The van der Waals surface area contributed by atoms with Gasteiger partial charge in [0.25, 0.3) is 0 Å². The summed E-state index contributed by atoms with van der Waals surface area (Å²) in [5.74, 6) is -0.317. The molecule has 1 unspecified atom stereocenters. The molecule has 0 aliphatic rings. The van der Waals surface area contributed by atoms with Gasteiger partial charge >= 0.3 is 5.97 Å². The average molecular weight is 381 g/mol. The van der Waals surface area contributed by atoms with Gasteiger partial charge in [0, 0.05) is 9.26 Å². The summed E-state index contributed by atoms with van der Waals surface area (Å²) < 4.78 is 6.09. The van der Waals surface area contributed by atoms with Crippen molar-refractivity contribution in [1.82, 2.24) is 0 Å². The maximum absolute atomic E-state index is 12.2. The summed E-state index contributed by atoms with van der Waals surface area (Å²) in [5, 5.41) is 3.26. The lowest BCUT2D eigenvalue weighted by atomic mass is 9.91. The van der Waals surface area contributed by atoms with E-state index < -0.39 is 5.54 Å². The van der Waals surface area contributed by atoms with Crippen molar-refractivity contribution in [2.45, 2.75) is 12.5 Å². The van der Waals surface area contributed by atoms with E-state index in [1.54, 1.807) is 0 Å². The van der Waals surface area contributed by atoms with Crippen LogP contribution < -0.4 is 5.32 Å². The summed E-state index contributed by atoms with van der Waals surface area (Å²) in [5.41, 5.74) is 0.827. The van der Waals surface area contributed by atoms with Gasteiger partial charge < -0.3 is 10.1 Å². The van der Waals surface area contributed by atoms with Gasteiger partial charge in [-0.2, -0.15) is 0 Å². The number of nitrogens with one attached hydrogen (secondary N) is 1. The zero-order valence-electron chi connectivity index (χ0n) is 11.4. The normalized spacial score (nSPS) is 13.3. The summed E-state index contributed by atoms with van der Waals surface area (Å²) in [6.07, 6.45) is 0. The minimum Gasteiger partial charge on any atom is -0.467 e. The van der Waals surface area contributed by atoms with Crippen LogP contribution in [-0.4, -0.2) is 13.1 Å². The zero-order valence-corrected chi connectivity index (χ0v) is 13.5. The number of ether oxygens (including phenoxy) is 1. The van der Waals surface area contributed by atoms with Gasteiger partial charge in [0.1, 0.15) is 0 Å². The fourth-order valence-electron chi connectivity index (χ4n) is 2.04. The molecule has 0 heterocycles. The second kappa shape index (κ2) is 6.26. The Bertz CT molecular complexity index is 583. The minimum absolute atomic E-state index is 0.317. The average Bonchev–Trinajstić information content (AvgIpc) is 2.48. The third-order valence-electron chi connectivity index (χ3n) is 3.18. The first-order chi connectivity index (χ1) is 9.56. The van der Waals surface area contributed by atoms with Crippen LogP contribution in [0.5, 0.6) is 0 Å². The summed E-state index contributed by atoms with van der Waals surface area (Å²) in [6, 6.07) is 17.5. The van der Waals surface area contributed by atoms with Crippen LogP contribution >= 0.6 is 22.6 Å². The van der Waals surface area contributed by atoms with Gasteiger partial charge in [-0.1, -0.05) is 30.3 Å². The van der Waals surface area contributed by atoms with Gasteiger partial charge in [-0.15, -0.1) is 0 Å². The molecule has 0 saturated heterocycles. The molecule has 2 rings (SSSR count). The van der Waals surface area contributed by atoms with E-state index in [2.05, 4.69) is 27.9 Å². The van der Waals surface area contributed by atoms with Crippen molar-refractivity contribution in [2.75, 3.05) is 12.4 Å². The predicted molar refractivity (Wildman–Crippen MR) is 88.6 cm³/mol. The summed E-state index contributed by atoms with van der Waals surface area (Å²) in [4.78, 5) is 12.2. The predicted octanol–water partition coefficient (Wildman–Crippen LogP) is 3.79. The van der Waals surface area contributed by atoms with Crippen LogP contribution in [0.1, 0.15) is 12.5 Å². The van der Waals surface area contributed by atoms with E-state index in [4.69, 9.17) is 4.74 Å². The molecule has 0 bridgehead atoms. The molecule has 0 amide bonds. The third kappa shape index (κ3) is 3.12. The monoisotopic (exact) mass is 381 g/mol. The number of carbonyl (C=O) groups excluding carboxylic acids is 1. The molecule has 0 spiro atoms. The van der Waals surface area contributed by atoms with Crippen molar-refractivity contribution in [3.8, 4) is 0 Å². The third-order valence-corrected chi connectivity index (χ3v) is 3.90. The second-order valence-electron chi connectivity index (χ2n) is 4.61. The first-order valence-corrected chi connectivity index (χ1v) is 7.32. The number of rotatable bonds is 4. The standard InChI is InChI=1S/C16H16INO2/c1-16(15(19)20-2,12-8-10-13(17)11-9-12)18-14-6-4-3-5-7-14/h3-11,18H,1-2H3. The highest BCUT2D eigenvalue weighted by molar-refractivity contribution is 14.1. The topological polar surface area (TPSA) is 38.3 Å². The van der Waals surface area contributed by atoms with E-state index in [9.17, 15) is 4.79 Å². The van der Waals surface area contributed by atoms with Crippen molar-refractivity contribution in [1.29, 1.82) is 0 Å². The van der Waals surface area contributed by atoms with Crippen LogP contribution in [0.25, 0.3) is 0 Å². The van der Waals surface area contributed by atoms with Crippen LogP contribution in [-0.2, 0) is 15.1 Å². The van der Waals surface area contributed by atoms with Gasteiger partial charge in [-0.3, -0.25) is 0 Å². The molecule has 1 atom stereocenters. The van der Waals surface area contributed by atoms with Crippen LogP contribution in [0.3, 0.4) is 0 Å². The van der Waals surface area contributed by atoms with E-state index >= 15 is 0 Å². The Morgan fingerprint density at radius 3 is 2.25 bits per heavy atom. The largest absolute Gasteiger partial charge is 0.467 e. The molecule has 0 radical (unpaired) electrons. The summed E-state index contributed by atoms with van der Waals surface area (Å²) in [6.45, 7) is 1.83. The minimum atomic E-state index is -0.916. The van der Waals surface area contributed by atoms with Crippen molar-refractivity contribution in [2.24, 2.45) is 0 Å². The highest BCUT2D eigenvalue weighted by Gasteiger charge is 2.36. The number of para-hydroxylation sites is 1. The Kier molecular flexibility index (Phi) is 4.65. The van der Waals surface area contributed by atoms with E-state index in [-0.39, 0.29) is 5.97 Å². The fraction of sp³-hybridized carbons (Fsp3) is 0.188. The van der Waals surface area contributed by atoms with Gasteiger partial charge in [0.05, 0.1) is 7.11 Å². The smallest absolute Gasteiger partial charge is 0.335 e. The molecule has 3 nitrogen and oxygen atoms in total. The molecule has 0 saturated carbocycles. The van der Waals surface area contributed by atoms with E-state index in [1.165, 1.54) is 7.11 Å². The molecule has 1 N–H and O–H groups in total. The maximum Gasteiger partial charge on any atom is 0.335 e. The van der Waals surface area contributed by atoms with Gasteiger partial charge in [-0.25, -0.2) is 4.79 Å². The van der Waals surface area contributed by atoms with Gasteiger partial charge in [0.2, 0.25) is 0 Å². The van der Waals surface area contributed by atoms with Crippen molar-refractivity contribution in [3.05, 3.63) is 63.7 Å². The second-order valence-corrected chi connectivity index (χ2v) is 5.86. The molecule has 0 aromatic heterocycles. The lowest BCUT2D eigenvalue weighted by molar-refractivity contribution is -0.145. The Hall–Kier alpha value is -1.56. The molecule has 20 heavy (non-hydrogen) atoms. The zero-order chi connectivity index (χ0) is 14.6. The van der Waals surface area contributed by atoms with E-state index in [0.29, 0.717) is 0 Å². The lowest BCUT2D eigenvalue weighted by Crippen LogP contribution is -2.41. The Labute approximate surface area is 132 Å². The fourth-order valence-corrected chi connectivity index (χ4v) is 2.40. The van der Waals surface area contributed by atoms with Crippen molar-refractivity contribution < 1.29 is 9.53 Å². The molecule has 4 heteroatoms. The molecular formula is C16H16INO2. The number of benzene rings is 2. The summed E-state index contributed by atoms with van der Waals surface area (Å²) in [7, 11) is 1.40. The first kappa shape index (κ1) is 14.8. The molecule has 0 fully saturated rings. The first-order valence-electron chi connectivity index (χ1n) is 6.24. The van der Waals surface area contributed by atoms with Crippen molar-refractivity contribution in [3.63, 3.8) is 0 Å². The number of methoxy groups -OCH3 is 1. The number of carbonyl (C=O) groups is 1. The van der Waals surface area contributed by atoms with Crippen LogP contribution in [0, 0.1) is 3.57 Å². The van der Waals surface area contributed by atoms with Crippen LogP contribution in [0.4, 0.5) is 5.69 Å². The molecule has 0 aliphatic carbocycles. The lowest BCUT2D eigenvalue weighted by Gasteiger charge is -2.29. The van der Waals surface area contributed by atoms with E-state index in [0.717, 1.165) is 14.8 Å². The molecule has 2 aromatic carbocycles. The number of hydrogen-bond donors (Lipinski definition) is 1. The van der Waals surface area contributed by atoms with Crippen LogP contribution in [0.15, 0.2) is 54.6 Å². The number of hydrogen-bond acceptors (Lipinski definition) is 3. The van der Waals surface area contributed by atoms with E-state index in [1.807, 2.05) is 61.5 Å². The SMILES string of the molecule is COC(=O)C(C)(Nc1ccccc1)c1ccc(I)cc1. The number of esters is 1. The molecule has 104 valence electrons. The van der Waals surface area contributed by atoms with Gasteiger partial charge in [-0.05, 0) is 59.3 Å². The molecular weight excluding hydrogens is 365 g/mol. The quantitative estimate of drug-likeness (QED) is 0.647. The highest BCUT2D eigenvalue weighted by atomic mass is 127. The number of halogens is 1. The Morgan fingerprint density at radius 2 is 1.70 bits per heavy atom. The maximum atomic E-state index is 12.2. The highest BCUT2D eigenvalue weighted by Crippen LogP contribution is 2.28.